The second-order valence-corrected chi connectivity index (χ2v) is 10.2. The fourth-order valence-corrected chi connectivity index (χ4v) is 5.45. The Hall–Kier alpha value is -3.11. The number of aryl methyl sites for hydroxylation is 1. The molecule has 0 unspecified atom stereocenters. The van der Waals surface area contributed by atoms with Crippen LogP contribution in [0.4, 0.5) is 4.39 Å². The van der Waals surface area contributed by atoms with E-state index in [9.17, 15) is 17.6 Å². The first-order chi connectivity index (χ1) is 15.7. The van der Waals surface area contributed by atoms with E-state index in [4.69, 9.17) is 4.52 Å². The molecule has 3 aromatic rings. The minimum absolute atomic E-state index is 0.0138. The number of hydrogen-bond donors (Lipinski definition) is 0. The van der Waals surface area contributed by atoms with Crippen LogP contribution < -0.4 is 0 Å². The summed E-state index contributed by atoms with van der Waals surface area (Å²) in [6.45, 7) is 2.48. The van der Waals surface area contributed by atoms with Crippen LogP contribution in [-0.2, 0) is 21.4 Å². The summed E-state index contributed by atoms with van der Waals surface area (Å²) in [7, 11) is -2.17. The Labute approximate surface area is 192 Å². The van der Waals surface area contributed by atoms with Gasteiger partial charge in [-0.3, -0.25) is 4.79 Å². The number of piperidine rings is 1. The number of aromatic nitrogens is 2. The first-order valence-electron chi connectivity index (χ1n) is 10.6. The zero-order valence-corrected chi connectivity index (χ0v) is 19.3. The van der Waals surface area contributed by atoms with Crippen molar-refractivity contribution in [2.45, 2.75) is 31.2 Å². The largest absolute Gasteiger partial charge is 0.337 e. The van der Waals surface area contributed by atoms with Crippen LogP contribution in [0.1, 0.15) is 24.3 Å². The van der Waals surface area contributed by atoms with Gasteiger partial charge in [-0.15, -0.1) is 0 Å². The maximum absolute atomic E-state index is 13.2. The second kappa shape index (κ2) is 9.40. The monoisotopic (exact) mass is 472 g/mol. The Balaban J connectivity index is 1.42. The number of nitrogens with zero attached hydrogens (tertiary/aromatic N) is 4. The van der Waals surface area contributed by atoms with Crippen molar-refractivity contribution >= 4 is 15.9 Å². The predicted molar refractivity (Wildman–Crippen MR) is 119 cm³/mol. The third kappa shape index (κ3) is 5.12. The van der Waals surface area contributed by atoms with E-state index in [0.717, 1.165) is 23.3 Å². The molecular formula is C23H25FN4O4S. The van der Waals surface area contributed by atoms with Gasteiger partial charge in [-0.1, -0.05) is 28.9 Å². The molecule has 2 heterocycles. The Bertz CT molecular complexity index is 1240. The van der Waals surface area contributed by atoms with Gasteiger partial charge in [0.25, 0.3) is 0 Å². The van der Waals surface area contributed by atoms with Crippen LogP contribution in [0.2, 0.25) is 0 Å². The Morgan fingerprint density at radius 3 is 2.73 bits per heavy atom. The number of hydrogen-bond acceptors (Lipinski definition) is 6. The highest BCUT2D eigenvalue weighted by molar-refractivity contribution is 7.89. The van der Waals surface area contributed by atoms with E-state index < -0.39 is 21.8 Å². The van der Waals surface area contributed by atoms with E-state index >= 15 is 0 Å². The van der Waals surface area contributed by atoms with Gasteiger partial charge < -0.3 is 9.42 Å². The average Bonchev–Trinajstić information content (AvgIpc) is 3.27. The smallest absolute Gasteiger partial charge is 0.246 e. The van der Waals surface area contributed by atoms with Crippen LogP contribution in [0.15, 0.2) is 57.9 Å². The van der Waals surface area contributed by atoms with Gasteiger partial charge in [0.2, 0.25) is 27.6 Å². The molecule has 10 heteroatoms. The van der Waals surface area contributed by atoms with Crippen LogP contribution in [0.3, 0.4) is 0 Å². The third-order valence-corrected chi connectivity index (χ3v) is 7.56. The van der Waals surface area contributed by atoms with Crippen LogP contribution in [0.5, 0.6) is 0 Å². The van der Waals surface area contributed by atoms with Crippen molar-refractivity contribution < 1.29 is 22.1 Å². The summed E-state index contributed by atoms with van der Waals surface area (Å²) in [5, 5.41) is 4.00. The molecule has 1 aliphatic rings. The molecule has 1 aliphatic heterocycles. The second-order valence-electron chi connectivity index (χ2n) is 8.23. The van der Waals surface area contributed by atoms with E-state index in [1.807, 2.05) is 31.2 Å². The van der Waals surface area contributed by atoms with Crippen molar-refractivity contribution in [2.24, 2.45) is 5.92 Å². The molecular weight excluding hydrogens is 447 g/mol. The average molecular weight is 473 g/mol. The van der Waals surface area contributed by atoms with Crippen molar-refractivity contribution in [3.05, 3.63) is 65.8 Å². The van der Waals surface area contributed by atoms with Crippen LogP contribution >= 0.6 is 0 Å². The lowest BCUT2D eigenvalue weighted by Gasteiger charge is -2.33. The Kier molecular flexibility index (Phi) is 6.57. The molecule has 1 atom stereocenters. The van der Waals surface area contributed by atoms with Crippen molar-refractivity contribution in [1.82, 2.24) is 19.3 Å². The molecule has 8 nitrogen and oxygen atoms in total. The van der Waals surface area contributed by atoms with E-state index in [0.29, 0.717) is 31.1 Å². The summed E-state index contributed by atoms with van der Waals surface area (Å²) >= 11 is 0. The highest BCUT2D eigenvalue weighted by Crippen LogP contribution is 2.25. The minimum Gasteiger partial charge on any atom is -0.337 e. The van der Waals surface area contributed by atoms with Crippen molar-refractivity contribution in [3.63, 3.8) is 0 Å². The maximum Gasteiger partial charge on any atom is 0.246 e. The molecule has 174 valence electrons. The standard InChI is InChI=1S/C23H25FN4O4S/c1-16-5-3-6-17(13-16)22-25-21(32-26-22)15-27(2)23(29)18-7-4-12-28(14-18)33(30,31)20-10-8-19(24)9-11-20/h3,5-6,8-11,13,18H,4,7,12,14-15H2,1-2H3/t18-/m0/s1. The van der Waals surface area contributed by atoms with Crippen LogP contribution in [-0.4, -0.2) is 53.8 Å². The van der Waals surface area contributed by atoms with Crippen molar-refractivity contribution in [3.8, 4) is 11.4 Å². The summed E-state index contributed by atoms with van der Waals surface area (Å²) in [5.41, 5.74) is 1.90. The van der Waals surface area contributed by atoms with Gasteiger partial charge >= 0.3 is 0 Å². The van der Waals surface area contributed by atoms with E-state index in [1.165, 1.54) is 21.3 Å². The molecule has 33 heavy (non-hydrogen) atoms. The number of rotatable bonds is 6. The molecule has 4 rings (SSSR count). The first-order valence-corrected chi connectivity index (χ1v) is 12.1. The lowest BCUT2D eigenvalue weighted by atomic mass is 9.98. The molecule has 0 bridgehead atoms. The van der Waals surface area contributed by atoms with Gasteiger partial charge in [-0.2, -0.15) is 9.29 Å². The molecule has 0 N–H and O–H groups in total. The molecule has 1 amide bonds. The zero-order chi connectivity index (χ0) is 23.6. The molecule has 0 aliphatic carbocycles. The van der Waals surface area contributed by atoms with E-state index in [1.54, 1.807) is 7.05 Å². The number of amides is 1. The first kappa shape index (κ1) is 23.1. The topological polar surface area (TPSA) is 96.6 Å². The van der Waals surface area contributed by atoms with Gasteiger partial charge in [-0.05, 0) is 50.1 Å². The van der Waals surface area contributed by atoms with Gasteiger partial charge in [0.15, 0.2) is 0 Å². The fourth-order valence-electron chi connectivity index (χ4n) is 3.93. The number of sulfonamides is 1. The highest BCUT2D eigenvalue weighted by atomic mass is 32.2. The summed E-state index contributed by atoms with van der Waals surface area (Å²) < 4.78 is 45.7. The Morgan fingerprint density at radius 2 is 2.00 bits per heavy atom. The van der Waals surface area contributed by atoms with E-state index in [-0.39, 0.29) is 23.9 Å². The number of halogens is 1. The lowest BCUT2D eigenvalue weighted by Crippen LogP contribution is -2.45. The third-order valence-electron chi connectivity index (χ3n) is 5.68. The molecule has 1 aromatic heterocycles. The predicted octanol–water partition coefficient (Wildman–Crippen LogP) is 3.24. The molecule has 1 saturated heterocycles. The summed E-state index contributed by atoms with van der Waals surface area (Å²) in [4.78, 5) is 18.9. The van der Waals surface area contributed by atoms with Crippen LogP contribution in [0.25, 0.3) is 11.4 Å². The Morgan fingerprint density at radius 1 is 1.24 bits per heavy atom. The van der Waals surface area contributed by atoms with Crippen molar-refractivity contribution in [1.29, 1.82) is 0 Å². The van der Waals surface area contributed by atoms with Gasteiger partial charge in [0, 0.05) is 25.7 Å². The summed E-state index contributed by atoms with van der Waals surface area (Å²) in [6, 6.07) is 12.4. The minimum atomic E-state index is -3.81. The van der Waals surface area contributed by atoms with Gasteiger partial charge in [0.1, 0.15) is 5.82 Å². The quantitative estimate of drug-likeness (QED) is 0.546. The normalized spacial score (nSPS) is 17.1. The molecule has 0 saturated carbocycles. The lowest BCUT2D eigenvalue weighted by molar-refractivity contribution is -0.136. The van der Waals surface area contributed by atoms with Gasteiger partial charge in [-0.25, -0.2) is 12.8 Å². The number of benzene rings is 2. The van der Waals surface area contributed by atoms with Gasteiger partial charge in [0.05, 0.1) is 17.4 Å². The highest BCUT2D eigenvalue weighted by Gasteiger charge is 2.34. The SMILES string of the molecule is Cc1cccc(-c2noc(CN(C)C(=O)[C@H]3CCCN(S(=O)(=O)c4ccc(F)cc4)C3)n2)c1. The fraction of sp³-hybridized carbons (Fsp3) is 0.348. The summed E-state index contributed by atoms with van der Waals surface area (Å²) in [5.74, 6) is -0.436. The molecule has 0 spiro atoms. The molecule has 2 aromatic carbocycles. The maximum atomic E-state index is 13.2. The van der Waals surface area contributed by atoms with E-state index in [2.05, 4.69) is 10.1 Å². The molecule has 1 fully saturated rings. The molecule has 0 radical (unpaired) electrons. The van der Waals surface area contributed by atoms with Crippen LogP contribution in [0, 0.1) is 18.7 Å². The number of carbonyl (C=O) groups excluding carboxylic acids is 1. The van der Waals surface area contributed by atoms with Crippen molar-refractivity contribution in [2.75, 3.05) is 20.1 Å². The summed E-state index contributed by atoms with van der Waals surface area (Å²) in [6.07, 6.45) is 1.14. The number of carbonyl (C=O) groups is 1. The zero-order valence-electron chi connectivity index (χ0n) is 18.4.